The van der Waals surface area contributed by atoms with E-state index >= 15 is 0 Å². The highest BCUT2D eigenvalue weighted by molar-refractivity contribution is 7.80. The summed E-state index contributed by atoms with van der Waals surface area (Å²) in [6, 6.07) is -0.521. The maximum absolute atomic E-state index is 10.2. The molecular weight excluding hydrogens is 124 g/mol. The summed E-state index contributed by atoms with van der Waals surface area (Å²) in [6.45, 7) is 0. The zero-order valence-corrected chi connectivity index (χ0v) is 5.40. The van der Waals surface area contributed by atoms with Gasteiger partial charge < -0.3 is 11.5 Å². The maximum atomic E-state index is 10.2. The third-order valence-corrected chi connectivity index (χ3v) is 1.06. The third kappa shape index (κ3) is 2.87. The van der Waals surface area contributed by atoms with E-state index in [4.69, 9.17) is 11.5 Å². The second kappa shape index (κ2) is 3.74. The normalized spacial score (nSPS) is 13.2. The fourth-order valence-electron chi connectivity index (χ4n) is 0.281. The van der Waals surface area contributed by atoms with Crippen LogP contribution in [0.4, 0.5) is 0 Å². The van der Waals surface area contributed by atoms with Gasteiger partial charge in [0.1, 0.15) is 0 Å². The summed E-state index contributed by atoms with van der Waals surface area (Å²) in [5.41, 5.74) is 10.0. The number of nitrogens with two attached hydrogens (primary N) is 2. The molecule has 0 aromatic carbocycles. The largest absolute Gasteiger partial charge is 0.368 e. The Balaban J connectivity index is 3.32. The summed E-state index contributed by atoms with van der Waals surface area (Å²) in [5.74, 6) is 0.142. The van der Waals surface area contributed by atoms with Gasteiger partial charge in [-0.25, -0.2) is 0 Å². The molecular formula is C4H10N2OS. The Morgan fingerprint density at radius 2 is 2.25 bits per heavy atom. The van der Waals surface area contributed by atoms with Crippen LogP contribution < -0.4 is 11.5 Å². The Kier molecular flexibility index (Phi) is 3.64. The number of hydrogen-bond acceptors (Lipinski definition) is 3. The lowest BCUT2D eigenvalue weighted by atomic mass is 10.2. The summed E-state index contributed by atoms with van der Waals surface area (Å²) < 4.78 is 0. The van der Waals surface area contributed by atoms with Crippen LogP contribution in [0.25, 0.3) is 0 Å². The van der Waals surface area contributed by atoms with Crippen LogP contribution in [-0.4, -0.2) is 17.7 Å². The Hall–Kier alpha value is -0.220. The van der Waals surface area contributed by atoms with E-state index in [0.717, 1.165) is 0 Å². The van der Waals surface area contributed by atoms with Crippen molar-refractivity contribution in [3.63, 3.8) is 0 Å². The molecule has 0 aromatic heterocycles. The lowest BCUT2D eigenvalue weighted by Gasteiger charge is -2.01. The van der Waals surface area contributed by atoms with Crippen LogP contribution in [0.1, 0.15) is 6.42 Å². The van der Waals surface area contributed by atoms with Crippen molar-refractivity contribution in [3.05, 3.63) is 0 Å². The first-order valence-electron chi connectivity index (χ1n) is 2.34. The number of primary amides is 1. The van der Waals surface area contributed by atoms with Gasteiger partial charge in [0, 0.05) is 0 Å². The van der Waals surface area contributed by atoms with E-state index in [1.807, 2.05) is 0 Å². The van der Waals surface area contributed by atoms with Crippen LogP contribution in [0.15, 0.2) is 0 Å². The zero-order chi connectivity index (χ0) is 6.57. The minimum absolute atomic E-state index is 0.459. The van der Waals surface area contributed by atoms with Gasteiger partial charge in [-0.15, -0.1) is 0 Å². The second-order valence-electron chi connectivity index (χ2n) is 1.52. The molecule has 48 valence electrons. The highest BCUT2D eigenvalue weighted by Crippen LogP contribution is 1.87. The van der Waals surface area contributed by atoms with E-state index < -0.39 is 11.9 Å². The van der Waals surface area contributed by atoms with Gasteiger partial charge in [-0.3, -0.25) is 4.79 Å². The molecule has 0 unspecified atom stereocenters. The maximum Gasteiger partial charge on any atom is 0.234 e. The van der Waals surface area contributed by atoms with Crippen LogP contribution in [0, 0.1) is 0 Å². The molecule has 0 radical (unpaired) electrons. The Labute approximate surface area is 53.8 Å². The first-order chi connectivity index (χ1) is 3.68. The molecule has 8 heavy (non-hydrogen) atoms. The highest BCUT2D eigenvalue weighted by atomic mass is 32.1. The van der Waals surface area contributed by atoms with E-state index in [1.54, 1.807) is 0 Å². The van der Waals surface area contributed by atoms with Gasteiger partial charge in [0.15, 0.2) is 0 Å². The minimum Gasteiger partial charge on any atom is -0.368 e. The summed E-state index contributed by atoms with van der Waals surface area (Å²) in [5, 5.41) is 0. The molecule has 0 saturated carbocycles. The van der Waals surface area contributed by atoms with Crippen molar-refractivity contribution in [2.24, 2.45) is 11.5 Å². The van der Waals surface area contributed by atoms with E-state index in [1.165, 1.54) is 0 Å². The Morgan fingerprint density at radius 1 is 1.75 bits per heavy atom. The van der Waals surface area contributed by atoms with Crippen molar-refractivity contribution in [1.82, 2.24) is 0 Å². The van der Waals surface area contributed by atoms with Crippen LogP contribution in [0.3, 0.4) is 0 Å². The first-order valence-corrected chi connectivity index (χ1v) is 2.97. The molecule has 4 N–H and O–H groups in total. The predicted octanol–water partition coefficient (Wildman–Crippen LogP) is -0.881. The zero-order valence-electron chi connectivity index (χ0n) is 4.50. The molecule has 1 atom stereocenters. The number of carbonyl (C=O) groups is 1. The lowest BCUT2D eigenvalue weighted by molar-refractivity contribution is -0.119. The standard InChI is InChI=1S/C4H10N2OS/c5-3(1-2-8)4(6)7/h3,8H,1-2,5H2,(H2,6,7)/t3-/m0/s1. The number of amides is 1. The third-order valence-electron chi connectivity index (χ3n) is 0.806. The van der Waals surface area contributed by atoms with Crippen molar-refractivity contribution >= 4 is 18.5 Å². The molecule has 0 saturated heterocycles. The molecule has 0 aliphatic rings. The molecule has 4 heteroatoms. The summed E-state index contributed by atoms with van der Waals surface area (Å²) in [6.07, 6.45) is 0.554. The summed E-state index contributed by atoms with van der Waals surface area (Å²) in [7, 11) is 0. The quantitative estimate of drug-likeness (QED) is 0.439. The lowest BCUT2D eigenvalue weighted by Crippen LogP contribution is -2.36. The van der Waals surface area contributed by atoms with Gasteiger partial charge in [0.05, 0.1) is 6.04 Å². The number of carbonyl (C=O) groups excluding carboxylic acids is 1. The van der Waals surface area contributed by atoms with Crippen molar-refractivity contribution in [1.29, 1.82) is 0 Å². The number of thiol groups is 1. The molecule has 0 heterocycles. The van der Waals surface area contributed by atoms with Gasteiger partial charge in [0.2, 0.25) is 5.91 Å². The van der Waals surface area contributed by atoms with Crippen molar-refractivity contribution in [2.75, 3.05) is 5.75 Å². The Morgan fingerprint density at radius 3 is 2.38 bits per heavy atom. The highest BCUT2D eigenvalue weighted by Gasteiger charge is 2.05. The molecule has 0 fully saturated rings. The first kappa shape index (κ1) is 7.78. The van der Waals surface area contributed by atoms with E-state index in [0.29, 0.717) is 12.2 Å². The topological polar surface area (TPSA) is 69.1 Å². The smallest absolute Gasteiger partial charge is 0.234 e. The second-order valence-corrected chi connectivity index (χ2v) is 1.97. The number of hydrogen-bond donors (Lipinski definition) is 3. The van der Waals surface area contributed by atoms with E-state index in [2.05, 4.69) is 12.6 Å². The van der Waals surface area contributed by atoms with Gasteiger partial charge >= 0.3 is 0 Å². The van der Waals surface area contributed by atoms with Crippen LogP contribution >= 0.6 is 12.6 Å². The monoisotopic (exact) mass is 134 g/mol. The van der Waals surface area contributed by atoms with Crippen molar-refractivity contribution in [3.8, 4) is 0 Å². The van der Waals surface area contributed by atoms with E-state index in [-0.39, 0.29) is 0 Å². The summed E-state index contributed by atoms with van der Waals surface area (Å²) in [4.78, 5) is 10.2. The van der Waals surface area contributed by atoms with Gasteiger partial charge in [-0.2, -0.15) is 12.6 Å². The van der Waals surface area contributed by atoms with Crippen LogP contribution in [0.2, 0.25) is 0 Å². The summed E-state index contributed by atoms with van der Waals surface area (Å²) >= 11 is 3.87. The van der Waals surface area contributed by atoms with Gasteiger partial charge in [-0.1, -0.05) is 0 Å². The average molecular weight is 134 g/mol. The van der Waals surface area contributed by atoms with E-state index in [9.17, 15) is 4.79 Å². The SMILES string of the molecule is NC(=O)[C@@H](N)CCS. The minimum atomic E-state index is -0.521. The van der Waals surface area contributed by atoms with Crippen molar-refractivity contribution < 1.29 is 4.79 Å². The van der Waals surface area contributed by atoms with Gasteiger partial charge in [-0.05, 0) is 12.2 Å². The Bertz CT molecular complexity index is 86.1. The van der Waals surface area contributed by atoms with Gasteiger partial charge in [0.25, 0.3) is 0 Å². The molecule has 0 aliphatic heterocycles. The number of rotatable bonds is 3. The molecule has 0 rings (SSSR count). The molecule has 0 aliphatic carbocycles. The molecule has 3 nitrogen and oxygen atoms in total. The van der Waals surface area contributed by atoms with Crippen molar-refractivity contribution in [2.45, 2.75) is 12.5 Å². The van der Waals surface area contributed by atoms with Crippen LogP contribution in [0.5, 0.6) is 0 Å². The molecule has 1 amide bonds. The fourth-order valence-corrected chi connectivity index (χ4v) is 0.560. The molecule has 0 aromatic rings. The van der Waals surface area contributed by atoms with Crippen LogP contribution in [-0.2, 0) is 4.79 Å². The predicted molar refractivity (Wildman–Crippen MR) is 35.6 cm³/mol. The molecule has 0 spiro atoms. The average Bonchev–Trinajstić information content (AvgIpc) is 1.67. The molecule has 0 bridgehead atoms. The fraction of sp³-hybridized carbons (Fsp3) is 0.750.